The first-order valence-electron chi connectivity index (χ1n) is 7.73. The van der Waals surface area contributed by atoms with Crippen LogP contribution in [0.4, 0.5) is 17.2 Å². The normalized spacial score (nSPS) is 14.3. The minimum absolute atomic E-state index is 0.114. The maximum atomic E-state index is 11.9. The van der Waals surface area contributed by atoms with Crippen LogP contribution in [0.5, 0.6) is 0 Å². The predicted octanol–water partition coefficient (Wildman–Crippen LogP) is 4.18. The van der Waals surface area contributed by atoms with E-state index in [9.17, 15) is 4.79 Å². The average molecular weight is 295 g/mol. The molecule has 0 spiro atoms. The molecule has 0 atom stereocenters. The Morgan fingerprint density at radius 1 is 1.14 bits per heavy atom. The Hall–Kier alpha value is -2.36. The first-order valence-corrected chi connectivity index (χ1v) is 7.73. The van der Waals surface area contributed by atoms with Gasteiger partial charge in [0.15, 0.2) is 0 Å². The summed E-state index contributed by atoms with van der Waals surface area (Å²) in [6.07, 6.45) is 4.87. The van der Waals surface area contributed by atoms with Crippen LogP contribution in [0.15, 0.2) is 36.5 Å². The van der Waals surface area contributed by atoms with Gasteiger partial charge in [0.2, 0.25) is 5.91 Å². The molecule has 1 amide bonds. The molecule has 3 rings (SSSR count). The minimum atomic E-state index is 0.114. The molecule has 1 aromatic carbocycles. The highest BCUT2D eigenvalue weighted by molar-refractivity contribution is 5.92. The van der Waals surface area contributed by atoms with E-state index in [2.05, 4.69) is 41.6 Å². The van der Waals surface area contributed by atoms with Gasteiger partial charge in [-0.05, 0) is 49.9 Å². The molecule has 1 aliphatic rings. The van der Waals surface area contributed by atoms with Crippen LogP contribution in [0.2, 0.25) is 0 Å². The monoisotopic (exact) mass is 295 g/mol. The van der Waals surface area contributed by atoms with Crippen LogP contribution in [0, 0.1) is 19.8 Å². The van der Waals surface area contributed by atoms with Gasteiger partial charge in [0.1, 0.15) is 5.82 Å². The van der Waals surface area contributed by atoms with Crippen molar-refractivity contribution in [1.82, 2.24) is 4.98 Å². The maximum absolute atomic E-state index is 11.9. The number of hydrogen-bond donors (Lipinski definition) is 2. The lowest BCUT2D eigenvalue weighted by Crippen LogP contribution is -2.28. The van der Waals surface area contributed by atoms with E-state index in [0.717, 1.165) is 36.5 Å². The van der Waals surface area contributed by atoms with Crippen LogP contribution in [0.3, 0.4) is 0 Å². The number of rotatable bonds is 4. The lowest BCUT2D eigenvalue weighted by Gasteiger charge is -2.23. The van der Waals surface area contributed by atoms with Crippen molar-refractivity contribution in [3.63, 3.8) is 0 Å². The molecular weight excluding hydrogens is 274 g/mol. The standard InChI is InChI=1S/C18H21N3O/c1-12-5-3-6-13(2)17(12)21-16-10-9-15(11-19-16)20-18(22)14-7-4-8-14/h3,5-6,9-11,14H,4,7-8H2,1-2H3,(H,19,21)(H,20,22). The smallest absolute Gasteiger partial charge is 0.227 e. The van der Waals surface area contributed by atoms with Gasteiger partial charge in [0.05, 0.1) is 11.9 Å². The lowest BCUT2D eigenvalue weighted by molar-refractivity contribution is -0.122. The van der Waals surface area contributed by atoms with Crippen molar-refractivity contribution >= 4 is 23.1 Å². The highest BCUT2D eigenvalue weighted by Crippen LogP contribution is 2.28. The van der Waals surface area contributed by atoms with Crippen molar-refractivity contribution in [2.24, 2.45) is 5.92 Å². The fourth-order valence-corrected chi connectivity index (χ4v) is 2.60. The molecule has 1 heterocycles. The van der Waals surface area contributed by atoms with E-state index in [-0.39, 0.29) is 11.8 Å². The Labute approximate surface area is 131 Å². The topological polar surface area (TPSA) is 54.0 Å². The highest BCUT2D eigenvalue weighted by Gasteiger charge is 2.25. The Morgan fingerprint density at radius 3 is 2.41 bits per heavy atom. The third-order valence-corrected chi connectivity index (χ3v) is 4.24. The quantitative estimate of drug-likeness (QED) is 0.889. The molecule has 4 nitrogen and oxygen atoms in total. The minimum Gasteiger partial charge on any atom is -0.340 e. The SMILES string of the molecule is Cc1cccc(C)c1Nc1ccc(NC(=O)C2CCC2)cn1. The van der Waals surface area contributed by atoms with Gasteiger partial charge in [-0.2, -0.15) is 0 Å². The molecule has 1 aliphatic carbocycles. The molecule has 0 aliphatic heterocycles. The summed E-state index contributed by atoms with van der Waals surface area (Å²) < 4.78 is 0. The number of nitrogens with zero attached hydrogens (tertiary/aromatic N) is 1. The summed E-state index contributed by atoms with van der Waals surface area (Å²) in [7, 11) is 0. The second kappa shape index (κ2) is 6.18. The third kappa shape index (κ3) is 3.11. The van der Waals surface area contributed by atoms with Crippen LogP contribution in [0.1, 0.15) is 30.4 Å². The summed E-state index contributed by atoms with van der Waals surface area (Å²) >= 11 is 0. The van der Waals surface area contributed by atoms with E-state index < -0.39 is 0 Å². The molecule has 1 saturated carbocycles. The summed E-state index contributed by atoms with van der Waals surface area (Å²) in [6.45, 7) is 4.14. The molecule has 4 heteroatoms. The number of carbonyl (C=O) groups is 1. The van der Waals surface area contributed by atoms with Crippen molar-refractivity contribution in [3.05, 3.63) is 47.7 Å². The molecule has 22 heavy (non-hydrogen) atoms. The number of anilines is 3. The summed E-state index contributed by atoms with van der Waals surface area (Å²) in [4.78, 5) is 16.3. The molecule has 1 aromatic heterocycles. The van der Waals surface area contributed by atoms with Gasteiger partial charge >= 0.3 is 0 Å². The molecule has 0 bridgehead atoms. The number of benzene rings is 1. The largest absolute Gasteiger partial charge is 0.340 e. The fourth-order valence-electron chi connectivity index (χ4n) is 2.60. The van der Waals surface area contributed by atoms with Crippen LogP contribution in [0.25, 0.3) is 0 Å². The van der Waals surface area contributed by atoms with Gasteiger partial charge in [-0.1, -0.05) is 24.6 Å². The van der Waals surface area contributed by atoms with E-state index in [0.29, 0.717) is 0 Å². The maximum Gasteiger partial charge on any atom is 0.227 e. The van der Waals surface area contributed by atoms with E-state index in [1.165, 1.54) is 11.1 Å². The van der Waals surface area contributed by atoms with Crippen molar-refractivity contribution in [2.75, 3.05) is 10.6 Å². The number of carbonyl (C=O) groups excluding carboxylic acids is 1. The zero-order valence-electron chi connectivity index (χ0n) is 13.0. The fraction of sp³-hybridized carbons (Fsp3) is 0.333. The van der Waals surface area contributed by atoms with Crippen LogP contribution < -0.4 is 10.6 Å². The average Bonchev–Trinajstić information content (AvgIpc) is 2.43. The van der Waals surface area contributed by atoms with Crippen molar-refractivity contribution < 1.29 is 4.79 Å². The van der Waals surface area contributed by atoms with Crippen molar-refractivity contribution in [2.45, 2.75) is 33.1 Å². The van der Waals surface area contributed by atoms with Gasteiger partial charge in [0.25, 0.3) is 0 Å². The number of aromatic nitrogens is 1. The second-order valence-corrected chi connectivity index (χ2v) is 5.94. The Kier molecular flexibility index (Phi) is 4.09. The molecule has 2 aromatic rings. The summed E-state index contributed by atoms with van der Waals surface area (Å²) in [6, 6.07) is 9.97. The molecule has 2 N–H and O–H groups in total. The molecule has 0 unspecified atom stereocenters. The number of aryl methyl sites for hydroxylation is 2. The third-order valence-electron chi connectivity index (χ3n) is 4.24. The van der Waals surface area contributed by atoms with Gasteiger partial charge < -0.3 is 10.6 Å². The summed E-state index contributed by atoms with van der Waals surface area (Å²) in [5.74, 6) is 1.08. The van der Waals surface area contributed by atoms with Gasteiger partial charge in [-0.25, -0.2) is 4.98 Å². The van der Waals surface area contributed by atoms with Gasteiger partial charge in [-0.3, -0.25) is 4.79 Å². The molecule has 114 valence electrons. The molecule has 0 radical (unpaired) electrons. The van der Waals surface area contributed by atoms with E-state index in [1.807, 2.05) is 18.2 Å². The summed E-state index contributed by atoms with van der Waals surface area (Å²) in [5.41, 5.74) is 4.21. The van der Waals surface area contributed by atoms with Gasteiger partial charge in [-0.15, -0.1) is 0 Å². The number of pyridine rings is 1. The van der Waals surface area contributed by atoms with Crippen LogP contribution in [-0.4, -0.2) is 10.9 Å². The van der Waals surface area contributed by atoms with E-state index in [4.69, 9.17) is 0 Å². The number of nitrogens with one attached hydrogen (secondary N) is 2. The Balaban J connectivity index is 1.67. The first-order chi connectivity index (χ1) is 10.6. The second-order valence-electron chi connectivity index (χ2n) is 5.94. The van der Waals surface area contributed by atoms with Crippen LogP contribution in [-0.2, 0) is 4.79 Å². The van der Waals surface area contributed by atoms with E-state index >= 15 is 0 Å². The Morgan fingerprint density at radius 2 is 1.86 bits per heavy atom. The van der Waals surface area contributed by atoms with Crippen LogP contribution >= 0.6 is 0 Å². The van der Waals surface area contributed by atoms with Gasteiger partial charge in [0, 0.05) is 11.6 Å². The molecule has 1 fully saturated rings. The highest BCUT2D eigenvalue weighted by atomic mass is 16.1. The van der Waals surface area contributed by atoms with Crippen molar-refractivity contribution in [1.29, 1.82) is 0 Å². The molecular formula is C18H21N3O. The zero-order chi connectivity index (χ0) is 15.5. The van der Waals surface area contributed by atoms with Crippen molar-refractivity contribution in [3.8, 4) is 0 Å². The molecule has 0 saturated heterocycles. The number of para-hydroxylation sites is 1. The lowest BCUT2D eigenvalue weighted by atomic mass is 9.85. The first kappa shape index (κ1) is 14.6. The zero-order valence-corrected chi connectivity index (χ0v) is 13.0. The Bertz CT molecular complexity index is 655. The number of hydrogen-bond acceptors (Lipinski definition) is 3. The number of amides is 1. The van der Waals surface area contributed by atoms with E-state index in [1.54, 1.807) is 6.20 Å². The summed E-state index contributed by atoms with van der Waals surface area (Å²) in [5, 5.41) is 6.27. The predicted molar refractivity (Wildman–Crippen MR) is 89.4 cm³/mol.